The van der Waals surface area contributed by atoms with Gasteiger partial charge in [-0.3, -0.25) is 14.2 Å². The molecule has 1 fully saturated rings. The van der Waals surface area contributed by atoms with Gasteiger partial charge in [0, 0.05) is 42.7 Å². The van der Waals surface area contributed by atoms with Crippen molar-refractivity contribution in [1.29, 1.82) is 0 Å². The monoisotopic (exact) mass is 504 g/mol. The smallest absolute Gasteiger partial charge is 0.253 e. The maximum Gasteiger partial charge on any atom is 0.253 e. The van der Waals surface area contributed by atoms with Crippen LogP contribution in [0.5, 0.6) is 0 Å². The predicted molar refractivity (Wildman–Crippen MR) is 133 cm³/mol. The number of rotatable bonds is 6. The minimum atomic E-state index is -0.997. The Morgan fingerprint density at radius 1 is 1.11 bits per heavy atom. The Bertz CT molecular complexity index is 1630. The van der Waals surface area contributed by atoms with Gasteiger partial charge in [-0.1, -0.05) is 23.7 Å². The Labute approximate surface area is 209 Å². The molecule has 3 aromatic heterocycles. The Balaban J connectivity index is 1.47. The Morgan fingerprint density at radius 3 is 2.69 bits per heavy atom. The summed E-state index contributed by atoms with van der Waals surface area (Å²) in [5, 5.41) is 6.43. The molecule has 180 valence electrons. The van der Waals surface area contributed by atoms with Crippen molar-refractivity contribution in [3.8, 4) is 11.3 Å². The van der Waals surface area contributed by atoms with Crippen molar-refractivity contribution in [3.05, 3.63) is 88.8 Å². The molecule has 1 amide bonds. The quantitative estimate of drug-likeness (QED) is 0.324. The number of nitrogens with one attached hydrogen (secondary N) is 2. The second-order valence-corrected chi connectivity index (χ2v) is 9.08. The molecule has 0 radical (unpaired) electrons. The number of pyridine rings is 1. The van der Waals surface area contributed by atoms with Crippen LogP contribution in [0.1, 0.15) is 28.8 Å². The molecular formula is C26H19ClF2N6O. The molecule has 36 heavy (non-hydrogen) atoms. The van der Waals surface area contributed by atoms with Crippen LogP contribution in [0.3, 0.4) is 0 Å². The molecule has 1 saturated carbocycles. The second kappa shape index (κ2) is 8.83. The van der Waals surface area contributed by atoms with Crippen LogP contribution in [0.2, 0.25) is 5.02 Å². The van der Waals surface area contributed by atoms with Crippen LogP contribution in [0, 0.1) is 11.6 Å². The number of hydrogen-bond donors (Lipinski definition) is 2. The molecule has 0 saturated heterocycles. The van der Waals surface area contributed by atoms with Gasteiger partial charge >= 0.3 is 0 Å². The zero-order valence-electron chi connectivity index (χ0n) is 18.8. The predicted octanol–water partition coefficient (Wildman–Crippen LogP) is 5.38. The molecular weight excluding hydrogens is 486 g/mol. The van der Waals surface area contributed by atoms with Gasteiger partial charge in [0.15, 0.2) is 23.1 Å². The zero-order valence-corrected chi connectivity index (χ0v) is 19.6. The van der Waals surface area contributed by atoms with Crippen molar-refractivity contribution in [3.63, 3.8) is 0 Å². The van der Waals surface area contributed by atoms with Gasteiger partial charge in [0.1, 0.15) is 0 Å². The number of hydrogen-bond acceptors (Lipinski definition) is 5. The van der Waals surface area contributed by atoms with E-state index in [9.17, 15) is 13.6 Å². The van der Waals surface area contributed by atoms with E-state index < -0.39 is 11.6 Å². The summed E-state index contributed by atoms with van der Waals surface area (Å²) in [7, 11) is 0. The second-order valence-electron chi connectivity index (χ2n) is 8.68. The van der Waals surface area contributed by atoms with Gasteiger partial charge in [-0.15, -0.1) is 0 Å². The minimum absolute atomic E-state index is 0.207. The largest absolute Gasteiger partial charge is 0.363 e. The highest BCUT2D eigenvalue weighted by atomic mass is 35.5. The fourth-order valence-electron chi connectivity index (χ4n) is 4.09. The third-order valence-electron chi connectivity index (χ3n) is 6.07. The van der Waals surface area contributed by atoms with Crippen molar-refractivity contribution in [2.24, 2.45) is 0 Å². The number of nitrogens with zero attached hydrogens (tertiary/aromatic N) is 4. The first-order chi connectivity index (χ1) is 17.5. The van der Waals surface area contributed by atoms with Gasteiger partial charge in [0.25, 0.3) is 5.91 Å². The summed E-state index contributed by atoms with van der Waals surface area (Å²) < 4.78 is 30.1. The number of carbonyl (C=O) groups excluding carboxylic acids is 1. The number of carbonyl (C=O) groups is 1. The van der Waals surface area contributed by atoms with Crippen LogP contribution < -0.4 is 10.6 Å². The fraction of sp³-hybridized carbons (Fsp3) is 0.154. The lowest BCUT2D eigenvalue weighted by atomic mass is 10.1. The molecule has 10 heteroatoms. The molecule has 0 bridgehead atoms. The van der Waals surface area contributed by atoms with Crippen LogP contribution in [0.25, 0.3) is 27.9 Å². The van der Waals surface area contributed by atoms with Crippen LogP contribution in [-0.2, 0) is 6.54 Å². The van der Waals surface area contributed by atoms with E-state index in [1.165, 1.54) is 0 Å². The Hall–Kier alpha value is -4.11. The Kier molecular flexibility index (Phi) is 5.49. The number of halogens is 3. The van der Waals surface area contributed by atoms with Crippen molar-refractivity contribution in [1.82, 2.24) is 24.7 Å². The SMILES string of the molecule is O=C(NC1CC1)c1ccc(-c2cnc3c(NCc4cccnc4)nc4cc(F)c(F)cc4n23)cc1Cl. The van der Waals surface area contributed by atoms with Crippen molar-refractivity contribution < 1.29 is 13.6 Å². The van der Waals surface area contributed by atoms with Crippen molar-refractivity contribution >= 4 is 40.0 Å². The van der Waals surface area contributed by atoms with Crippen LogP contribution in [-0.4, -0.2) is 31.3 Å². The van der Waals surface area contributed by atoms with Crippen LogP contribution in [0.4, 0.5) is 14.6 Å². The van der Waals surface area contributed by atoms with Crippen LogP contribution >= 0.6 is 11.6 Å². The molecule has 1 aliphatic rings. The van der Waals surface area contributed by atoms with E-state index in [2.05, 4.69) is 25.6 Å². The molecule has 1 aliphatic carbocycles. The lowest BCUT2D eigenvalue weighted by molar-refractivity contribution is 0.0951. The summed E-state index contributed by atoms with van der Waals surface area (Å²) in [5.41, 5.74) is 3.56. The van der Waals surface area contributed by atoms with Gasteiger partial charge in [0.2, 0.25) is 0 Å². The molecule has 6 rings (SSSR count). The number of imidazole rings is 1. The summed E-state index contributed by atoms with van der Waals surface area (Å²) in [5.74, 6) is -1.81. The average Bonchev–Trinajstić information content (AvgIpc) is 3.57. The lowest BCUT2D eigenvalue weighted by Gasteiger charge is -2.13. The molecule has 0 unspecified atom stereocenters. The highest BCUT2D eigenvalue weighted by molar-refractivity contribution is 6.34. The van der Waals surface area contributed by atoms with Gasteiger partial charge in [-0.25, -0.2) is 18.7 Å². The molecule has 2 N–H and O–H groups in total. The lowest BCUT2D eigenvalue weighted by Crippen LogP contribution is -2.25. The molecule has 2 aromatic carbocycles. The van der Waals surface area contributed by atoms with E-state index in [4.69, 9.17) is 11.6 Å². The average molecular weight is 505 g/mol. The van der Waals surface area contributed by atoms with Crippen molar-refractivity contribution in [2.75, 3.05) is 5.32 Å². The first-order valence-electron chi connectivity index (χ1n) is 11.4. The minimum Gasteiger partial charge on any atom is -0.363 e. The van der Waals surface area contributed by atoms with E-state index in [-0.39, 0.29) is 22.5 Å². The number of fused-ring (bicyclic) bond motifs is 3. The van der Waals surface area contributed by atoms with E-state index >= 15 is 0 Å². The molecule has 0 spiro atoms. The fourth-order valence-corrected chi connectivity index (χ4v) is 4.35. The third-order valence-corrected chi connectivity index (χ3v) is 6.38. The summed E-state index contributed by atoms with van der Waals surface area (Å²) in [6, 6.07) is 11.2. The van der Waals surface area contributed by atoms with Crippen molar-refractivity contribution in [2.45, 2.75) is 25.4 Å². The maximum absolute atomic E-state index is 14.3. The van der Waals surface area contributed by atoms with Gasteiger partial charge in [0.05, 0.1) is 33.5 Å². The normalized spacial score (nSPS) is 13.3. The summed E-state index contributed by atoms with van der Waals surface area (Å²) >= 11 is 6.48. The summed E-state index contributed by atoms with van der Waals surface area (Å²) in [6.07, 6.45) is 6.96. The number of benzene rings is 2. The molecule has 3 heterocycles. The maximum atomic E-state index is 14.3. The van der Waals surface area contributed by atoms with E-state index in [0.29, 0.717) is 40.3 Å². The number of aromatic nitrogens is 4. The standard InChI is InChI=1S/C26H19ClF2N6O/c27-18-8-15(3-6-17(18)26(36)33-16-4-5-16)23-13-32-25-24(31-12-14-2-1-7-30-11-14)34-21-9-19(28)20(29)10-22(21)35(23)25/h1-3,6-11,13,16H,4-5,12H2,(H,31,34)(H,33,36). The highest BCUT2D eigenvalue weighted by Gasteiger charge is 2.25. The van der Waals surface area contributed by atoms with Gasteiger partial charge in [-0.2, -0.15) is 0 Å². The zero-order chi connectivity index (χ0) is 24.8. The number of anilines is 1. The van der Waals surface area contributed by atoms with E-state index in [1.807, 2.05) is 12.1 Å². The topological polar surface area (TPSA) is 84.2 Å². The van der Waals surface area contributed by atoms with E-state index in [0.717, 1.165) is 30.5 Å². The summed E-state index contributed by atoms with van der Waals surface area (Å²) in [6.45, 7) is 0.407. The molecule has 0 aliphatic heterocycles. The van der Waals surface area contributed by atoms with Gasteiger partial charge < -0.3 is 10.6 Å². The number of amides is 1. The van der Waals surface area contributed by atoms with E-state index in [1.54, 1.807) is 41.2 Å². The molecule has 5 aromatic rings. The first kappa shape index (κ1) is 22.4. The third kappa shape index (κ3) is 4.11. The van der Waals surface area contributed by atoms with Crippen LogP contribution in [0.15, 0.2) is 61.1 Å². The summed E-state index contributed by atoms with van der Waals surface area (Å²) in [4.78, 5) is 25.6. The first-order valence-corrected chi connectivity index (χ1v) is 11.8. The van der Waals surface area contributed by atoms with Gasteiger partial charge in [-0.05, 0) is 36.6 Å². The molecule has 0 atom stereocenters. The Morgan fingerprint density at radius 2 is 1.94 bits per heavy atom. The molecule has 7 nitrogen and oxygen atoms in total. The highest BCUT2D eigenvalue weighted by Crippen LogP contribution is 2.32.